The molecule has 2 nitrogen and oxygen atoms in total. The Labute approximate surface area is 134 Å². The highest BCUT2D eigenvalue weighted by Gasteiger charge is 2.23. The summed E-state index contributed by atoms with van der Waals surface area (Å²) in [6, 6.07) is 7.43. The Bertz CT molecular complexity index is 451. The lowest BCUT2D eigenvalue weighted by atomic mass is 9.86. The molecule has 0 aliphatic heterocycles. The number of halogens is 1. The first-order valence-electron chi connectivity index (χ1n) is 8.22. The molecule has 0 unspecified atom stereocenters. The van der Waals surface area contributed by atoms with Gasteiger partial charge in [-0.1, -0.05) is 38.4 Å². The zero-order valence-corrected chi connectivity index (χ0v) is 14.6. The molecule has 2 rings (SSSR count). The average molecular weight is 309 g/mol. The molecule has 1 aromatic rings. The number of rotatable bonds is 5. The Morgan fingerprint density at radius 2 is 1.90 bits per heavy atom. The number of benzene rings is 1. The molecule has 0 amide bonds. The molecule has 0 radical (unpaired) electrons. The molecule has 21 heavy (non-hydrogen) atoms. The van der Waals surface area contributed by atoms with Crippen LogP contribution in [0.3, 0.4) is 0 Å². The van der Waals surface area contributed by atoms with Crippen molar-refractivity contribution < 1.29 is 0 Å². The monoisotopic (exact) mass is 308 g/mol. The van der Waals surface area contributed by atoms with Gasteiger partial charge in [-0.25, -0.2) is 0 Å². The molecule has 0 heterocycles. The fourth-order valence-electron chi connectivity index (χ4n) is 3.16. The third kappa shape index (κ3) is 4.62. The Morgan fingerprint density at radius 3 is 2.52 bits per heavy atom. The molecule has 1 N–H and O–H groups in total. The molecule has 0 bridgehead atoms. The number of anilines is 1. The minimum atomic E-state index is 0.495. The van der Waals surface area contributed by atoms with Crippen molar-refractivity contribution in [3.63, 3.8) is 0 Å². The predicted molar refractivity (Wildman–Crippen MR) is 93.3 cm³/mol. The first-order chi connectivity index (χ1) is 9.97. The summed E-state index contributed by atoms with van der Waals surface area (Å²) in [4.78, 5) is 2.45. The number of hydrogen-bond acceptors (Lipinski definition) is 2. The maximum Gasteiger partial charge on any atom is 0.0426 e. The van der Waals surface area contributed by atoms with Crippen LogP contribution in [0.5, 0.6) is 0 Å². The summed E-state index contributed by atoms with van der Waals surface area (Å²) in [7, 11) is 2.23. The Balaban J connectivity index is 2.14. The third-order valence-electron chi connectivity index (χ3n) is 4.66. The average Bonchev–Trinajstić information content (AvgIpc) is 2.46. The summed E-state index contributed by atoms with van der Waals surface area (Å²) < 4.78 is 0. The third-order valence-corrected chi connectivity index (χ3v) is 4.90. The van der Waals surface area contributed by atoms with Crippen molar-refractivity contribution in [1.82, 2.24) is 5.32 Å². The van der Waals surface area contributed by atoms with E-state index in [4.69, 9.17) is 11.6 Å². The standard InChI is InChI=1S/C18H29ClN2/c1-13(2)20-12-15-7-8-16(19)11-18(15)21(4)17-9-5-14(3)6-10-17/h7-8,11,13-14,17,20H,5-6,9-10,12H2,1-4H3. The maximum absolute atomic E-state index is 6.24. The van der Waals surface area contributed by atoms with Gasteiger partial charge in [-0.3, -0.25) is 0 Å². The minimum Gasteiger partial charge on any atom is -0.371 e. The van der Waals surface area contributed by atoms with Crippen molar-refractivity contribution in [2.24, 2.45) is 5.92 Å². The molecule has 1 aliphatic carbocycles. The van der Waals surface area contributed by atoms with Crippen LogP contribution in [-0.4, -0.2) is 19.1 Å². The summed E-state index contributed by atoms with van der Waals surface area (Å²) in [5.74, 6) is 0.885. The highest BCUT2D eigenvalue weighted by molar-refractivity contribution is 6.30. The Morgan fingerprint density at radius 1 is 1.24 bits per heavy atom. The lowest BCUT2D eigenvalue weighted by Crippen LogP contribution is -2.36. The van der Waals surface area contributed by atoms with Crippen molar-refractivity contribution >= 4 is 17.3 Å². The molecule has 1 fully saturated rings. The molecule has 0 atom stereocenters. The molecule has 1 aliphatic rings. The van der Waals surface area contributed by atoms with Crippen LogP contribution in [0.15, 0.2) is 18.2 Å². The molecule has 118 valence electrons. The van der Waals surface area contributed by atoms with E-state index in [1.54, 1.807) is 0 Å². The first-order valence-corrected chi connectivity index (χ1v) is 8.59. The summed E-state index contributed by atoms with van der Waals surface area (Å²) in [6.45, 7) is 7.63. The second kappa shape index (κ2) is 7.51. The van der Waals surface area contributed by atoms with Crippen LogP contribution in [-0.2, 0) is 6.54 Å². The molecule has 1 aromatic carbocycles. The van der Waals surface area contributed by atoms with Gasteiger partial charge in [0.2, 0.25) is 0 Å². The zero-order chi connectivity index (χ0) is 15.4. The van der Waals surface area contributed by atoms with Gasteiger partial charge in [0.25, 0.3) is 0 Å². The molecule has 3 heteroatoms. The SMILES string of the molecule is CC1CCC(N(C)c2cc(Cl)ccc2CNC(C)C)CC1. The van der Waals surface area contributed by atoms with Gasteiger partial charge in [-0.05, 0) is 49.3 Å². The summed E-state index contributed by atoms with van der Waals surface area (Å²) in [5, 5.41) is 4.34. The molecule has 0 saturated heterocycles. The fourth-order valence-corrected chi connectivity index (χ4v) is 3.32. The van der Waals surface area contributed by atoms with Gasteiger partial charge in [-0.2, -0.15) is 0 Å². The topological polar surface area (TPSA) is 15.3 Å². The summed E-state index contributed by atoms with van der Waals surface area (Å²) in [6.07, 6.45) is 5.27. The van der Waals surface area contributed by atoms with Crippen LogP contribution in [0, 0.1) is 5.92 Å². The van der Waals surface area contributed by atoms with E-state index in [2.05, 4.69) is 50.2 Å². The van der Waals surface area contributed by atoms with Crippen LogP contribution in [0.4, 0.5) is 5.69 Å². The first kappa shape index (κ1) is 16.6. The van der Waals surface area contributed by atoms with Gasteiger partial charge < -0.3 is 10.2 Å². The summed E-state index contributed by atoms with van der Waals surface area (Å²) in [5.41, 5.74) is 2.63. The summed E-state index contributed by atoms with van der Waals surface area (Å²) >= 11 is 6.24. The zero-order valence-electron chi connectivity index (χ0n) is 13.8. The van der Waals surface area contributed by atoms with E-state index in [0.717, 1.165) is 17.5 Å². The van der Waals surface area contributed by atoms with E-state index >= 15 is 0 Å². The van der Waals surface area contributed by atoms with Crippen LogP contribution in [0.2, 0.25) is 5.02 Å². The van der Waals surface area contributed by atoms with Gasteiger partial charge in [0.1, 0.15) is 0 Å². The van der Waals surface area contributed by atoms with E-state index in [-0.39, 0.29) is 0 Å². The Hall–Kier alpha value is -0.730. The van der Waals surface area contributed by atoms with Crippen LogP contribution in [0.25, 0.3) is 0 Å². The second-order valence-corrected chi connectivity index (χ2v) is 7.27. The van der Waals surface area contributed by atoms with Crippen molar-refractivity contribution in [1.29, 1.82) is 0 Å². The number of nitrogens with zero attached hydrogens (tertiary/aromatic N) is 1. The van der Waals surface area contributed by atoms with Gasteiger partial charge in [0.15, 0.2) is 0 Å². The molecular formula is C18H29ClN2. The largest absolute Gasteiger partial charge is 0.371 e. The molecule has 0 spiro atoms. The van der Waals surface area contributed by atoms with E-state index in [9.17, 15) is 0 Å². The molecular weight excluding hydrogens is 280 g/mol. The lowest BCUT2D eigenvalue weighted by molar-refractivity contribution is 0.340. The van der Waals surface area contributed by atoms with Crippen LogP contribution < -0.4 is 10.2 Å². The lowest BCUT2D eigenvalue weighted by Gasteiger charge is -2.36. The maximum atomic E-state index is 6.24. The van der Waals surface area contributed by atoms with Gasteiger partial charge in [0.05, 0.1) is 0 Å². The minimum absolute atomic E-state index is 0.495. The normalized spacial score (nSPS) is 22.6. The smallest absolute Gasteiger partial charge is 0.0426 e. The quantitative estimate of drug-likeness (QED) is 0.836. The molecule has 0 aromatic heterocycles. The second-order valence-electron chi connectivity index (χ2n) is 6.83. The van der Waals surface area contributed by atoms with Gasteiger partial charge in [-0.15, -0.1) is 0 Å². The van der Waals surface area contributed by atoms with E-state index in [1.807, 2.05) is 6.07 Å². The van der Waals surface area contributed by atoms with Gasteiger partial charge >= 0.3 is 0 Å². The van der Waals surface area contributed by atoms with E-state index in [0.29, 0.717) is 12.1 Å². The van der Waals surface area contributed by atoms with E-state index < -0.39 is 0 Å². The van der Waals surface area contributed by atoms with Gasteiger partial charge in [0, 0.05) is 36.4 Å². The highest BCUT2D eigenvalue weighted by atomic mass is 35.5. The number of nitrogens with one attached hydrogen (secondary N) is 1. The fraction of sp³-hybridized carbons (Fsp3) is 0.667. The predicted octanol–water partition coefficient (Wildman–Crippen LogP) is 4.85. The van der Waals surface area contributed by atoms with Crippen molar-refractivity contribution in [3.8, 4) is 0 Å². The molecule has 1 saturated carbocycles. The van der Waals surface area contributed by atoms with E-state index in [1.165, 1.54) is 36.9 Å². The van der Waals surface area contributed by atoms with Crippen LogP contribution >= 0.6 is 11.6 Å². The number of hydrogen-bond donors (Lipinski definition) is 1. The van der Waals surface area contributed by atoms with Crippen LogP contribution in [0.1, 0.15) is 52.0 Å². The van der Waals surface area contributed by atoms with Crippen molar-refractivity contribution in [3.05, 3.63) is 28.8 Å². The highest BCUT2D eigenvalue weighted by Crippen LogP contribution is 2.32. The van der Waals surface area contributed by atoms with Crippen molar-refractivity contribution in [2.75, 3.05) is 11.9 Å². The van der Waals surface area contributed by atoms with Crippen molar-refractivity contribution in [2.45, 2.75) is 65.1 Å². The Kier molecular flexibility index (Phi) is 5.95.